The van der Waals surface area contributed by atoms with E-state index >= 15 is 0 Å². The molecule has 0 saturated heterocycles. The number of ketones is 1. The van der Waals surface area contributed by atoms with E-state index in [2.05, 4.69) is 0 Å². The molecule has 16 heavy (non-hydrogen) atoms. The van der Waals surface area contributed by atoms with Crippen molar-refractivity contribution in [1.29, 1.82) is 0 Å². The van der Waals surface area contributed by atoms with Crippen LogP contribution in [0.1, 0.15) is 16.8 Å². The molecule has 1 N–H and O–H groups in total. The van der Waals surface area contributed by atoms with Gasteiger partial charge in [0.15, 0.2) is 5.78 Å². The lowest BCUT2D eigenvalue weighted by Crippen LogP contribution is -2.13. The molecule has 1 rings (SSSR count). The molecule has 1 atom stereocenters. The molecule has 1 aromatic rings. The summed E-state index contributed by atoms with van der Waals surface area (Å²) in [5, 5.41) is 9.13. The van der Waals surface area contributed by atoms with Gasteiger partial charge in [-0.05, 0) is 30.7 Å². The first-order valence-corrected chi connectivity index (χ1v) is 6.74. The van der Waals surface area contributed by atoms with Crippen molar-refractivity contribution in [3.63, 3.8) is 0 Å². The Morgan fingerprint density at radius 3 is 2.50 bits per heavy atom. The summed E-state index contributed by atoms with van der Waals surface area (Å²) in [5.41, 5.74) is 0.516. The monoisotopic (exact) mass is 260 g/mol. The van der Waals surface area contributed by atoms with E-state index in [0.717, 1.165) is 0 Å². The molecule has 0 aliphatic rings. The number of hydrogen-bond acceptors (Lipinski definition) is 3. The first-order chi connectivity index (χ1) is 7.63. The largest absolute Gasteiger partial charge is 0.396 e. The molecule has 5 heteroatoms. The number of carbonyl (C=O) groups is 1. The zero-order valence-corrected chi connectivity index (χ0v) is 10.3. The van der Waals surface area contributed by atoms with Crippen LogP contribution in [-0.2, 0) is 10.8 Å². The van der Waals surface area contributed by atoms with E-state index in [1.165, 1.54) is 0 Å². The van der Waals surface area contributed by atoms with Gasteiger partial charge in [0.2, 0.25) is 0 Å². The quantitative estimate of drug-likeness (QED) is 0.792. The van der Waals surface area contributed by atoms with Gasteiger partial charge < -0.3 is 5.11 Å². The van der Waals surface area contributed by atoms with Crippen LogP contribution in [0.25, 0.3) is 0 Å². The van der Waals surface area contributed by atoms with Crippen molar-refractivity contribution < 1.29 is 14.1 Å². The second kappa shape index (κ2) is 6.78. The number of benzene rings is 1. The third-order valence-corrected chi connectivity index (χ3v) is 3.57. The number of carbonyl (C=O) groups excluding carboxylic acids is 1. The van der Waals surface area contributed by atoms with E-state index in [4.69, 9.17) is 16.7 Å². The molecule has 88 valence electrons. The summed E-state index contributed by atoms with van der Waals surface area (Å²) in [4.78, 5) is 11.6. The lowest BCUT2D eigenvalue weighted by atomic mass is 10.1. The van der Waals surface area contributed by atoms with Crippen LogP contribution in [0.2, 0.25) is 5.02 Å². The number of aliphatic hydroxyl groups excluding tert-OH is 1. The normalized spacial score (nSPS) is 12.4. The van der Waals surface area contributed by atoms with Gasteiger partial charge in [-0.2, -0.15) is 0 Å². The summed E-state index contributed by atoms with van der Waals surface area (Å²) < 4.78 is 11.4. The lowest BCUT2D eigenvalue weighted by molar-refractivity contribution is 0.102. The Labute approximate surface area is 102 Å². The number of hydrogen-bond donors (Lipinski definition) is 1. The molecule has 0 radical (unpaired) electrons. The topological polar surface area (TPSA) is 54.4 Å². The van der Waals surface area contributed by atoms with Crippen LogP contribution in [0, 0.1) is 0 Å². The van der Waals surface area contributed by atoms with E-state index in [-0.39, 0.29) is 18.1 Å². The maximum absolute atomic E-state index is 11.6. The predicted octanol–water partition coefficient (Wildman–Crippen LogP) is 1.65. The van der Waals surface area contributed by atoms with Crippen molar-refractivity contribution in [2.45, 2.75) is 6.42 Å². The van der Waals surface area contributed by atoms with Gasteiger partial charge in [0, 0.05) is 33.7 Å². The van der Waals surface area contributed by atoms with Crippen molar-refractivity contribution in [1.82, 2.24) is 0 Å². The van der Waals surface area contributed by atoms with Crippen LogP contribution >= 0.6 is 11.6 Å². The molecule has 0 bridgehead atoms. The Morgan fingerprint density at radius 1 is 1.31 bits per heavy atom. The average molecular weight is 261 g/mol. The highest BCUT2D eigenvalue weighted by Gasteiger charge is 2.10. The number of aliphatic hydroxyl groups is 1. The second-order valence-corrected chi connectivity index (χ2v) is 5.31. The molecule has 1 unspecified atom stereocenters. The van der Waals surface area contributed by atoms with Crippen molar-refractivity contribution in [3.05, 3.63) is 34.9 Å². The first-order valence-electron chi connectivity index (χ1n) is 4.88. The maximum Gasteiger partial charge on any atom is 0.175 e. The highest BCUT2D eigenvalue weighted by molar-refractivity contribution is 7.85. The van der Waals surface area contributed by atoms with E-state index in [0.29, 0.717) is 22.8 Å². The zero-order chi connectivity index (χ0) is 12.0. The van der Waals surface area contributed by atoms with Gasteiger partial charge in [0.25, 0.3) is 0 Å². The molecular formula is C11H13ClO3S. The Bertz CT molecular complexity index is 375. The number of halogens is 1. The predicted molar refractivity (Wildman–Crippen MR) is 65.4 cm³/mol. The SMILES string of the molecule is O=C(CS(=O)CCCO)c1ccc(Cl)cc1. The second-order valence-electron chi connectivity index (χ2n) is 3.30. The Balaban J connectivity index is 2.52. The molecule has 3 nitrogen and oxygen atoms in total. The third kappa shape index (κ3) is 4.43. The molecule has 0 aliphatic carbocycles. The van der Waals surface area contributed by atoms with Crippen LogP contribution in [0.3, 0.4) is 0 Å². The highest BCUT2D eigenvalue weighted by Crippen LogP contribution is 2.10. The van der Waals surface area contributed by atoms with Crippen LogP contribution in [0.4, 0.5) is 0 Å². The molecule has 0 saturated carbocycles. The molecular weight excluding hydrogens is 248 g/mol. The standard InChI is InChI=1S/C11H13ClO3S/c12-10-4-2-9(3-5-10)11(14)8-16(15)7-1-6-13/h2-5,13H,1,6-8H2. The zero-order valence-electron chi connectivity index (χ0n) is 8.69. The Morgan fingerprint density at radius 2 is 1.94 bits per heavy atom. The Kier molecular flexibility index (Phi) is 5.66. The fraction of sp³-hybridized carbons (Fsp3) is 0.364. The molecule has 0 heterocycles. The molecule has 0 fully saturated rings. The smallest absolute Gasteiger partial charge is 0.175 e. The highest BCUT2D eigenvalue weighted by atomic mass is 35.5. The summed E-state index contributed by atoms with van der Waals surface area (Å²) in [5.74, 6) is 0.199. The van der Waals surface area contributed by atoms with Gasteiger partial charge >= 0.3 is 0 Å². The maximum atomic E-state index is 11.6. The molecule has 0 spiro atoms. The molecule has 0 aliphatic heterocycles. The van der Waals surface area contributed by atoms with Crippen molar-refractivity contribution in [2.24, 2.45) is 0 Å². The molecule has 1 aromatic carbocycles. The van der Waals surface area contributed by atoms with Crippen LogP contribution in [0.5, 0.6) is 0 Å². The van der Waals surface area contributed by atoms with Gasteiger partial charge in [-0.15, -0.1) is 0 Å². The summed E-state index contributed by atoms with van der Waals surface area (Å²) in [6.45, 7) is 0.000868. The summed E-state index contributed by atoms with van der Waals surface area (Å²) >= 11 is 5.69. The van der Waals surface area contributed by atoms with Crippen molar-refractivity contribution >= 4 is 28.2 Å². The van der Waals surface area contributed by atoms with Crippen LogP contribution < -0.4 is 0 Å². The first kappa shape index (κ1) is 13.4. The van der Waals surface area contributed by atoms with Gasteiger partial charge in [-0.1, -0.05) is 11.6 Å². The number of rotatable bonds is 6. The van der Waals surface area contributed by atoms with E-state index < -0.39 is 10.8 Å². The van der Waals surface area contributed by atoms with Crippen molar-refractivity contribution in [3.8, 4) is 0 Å². The fourth-order valence-electron chi connectivity index (χ4n) is 1.16. The summed E-state index contributed by atoms with van der Waals surface area (Å²) in [6, 6.07) is 6.50. The van der Waals surface area contributed by atoms with Gasteiger partial charge in [-0.25, -0.2) is 0 Å². The van der Waals surface area contributed by atoms with Crippen LogP contribution in [0.15, 0.2) is 24.3 Å². The Hall–Kier alpha value is -0.710. The van der Waals surface area contributed by atoms with E-state index in [1.54, 1.807) is 24.3 Å². The van der Waals surface area contributed by atoms with Gasteiger partial charge in [0.1, 0.15) is 0 Å². The van der Waals surface area contributed by atoms with E-state index in [1.807, 2.05) is 0 Å². The van der Waals surface area contributed by atoms with Gasteiger partial charge in [-0.3, -0.25) is 9.00 Å². The minimum Gasteiger partial charge on any atom is -0.396 e. The average Bonchev–Trinajstić information content (AvgIpc) is 2.27. The van der Waals surface area contributed by atoms with Crippen molar-refractivity contribution in [2.75, 3.05) is 18.1 Å². The summed E-state index contributed by atoms with van der Waals surface area (Å²) in [7, 11) is -1.20. The third-order valence-electron chi connectivity index (χ3n) is 1.99. The minimum atomic E-state index is -1.20. The molecule has 0 amide bonds. The number of Topliss-reactive ketones (excluding diaryl/α,β-unsaturated/α-hetero) is 1. The molecule has 0 aromatic heterocycles. The van der Waals surface area contributed by atoms with Crippen LogP contribution in [-0.4, -0.2) is 33.2 Å². The summed E-state index contributed by atoms with van der Waals surface area (Å²) in [6.07, 6.45) is 0.459. The van der Waals surface area contributed by atoms with Gasteiger partial charge in [0.05, 0.1) is 5.75 Å². The fourth-order valence-corrected chi connectivity index (χ4v) is 2.34. The van der Waals surface area contributed by atoms with E-state index in [9.17, 15) is 9.00 Å². The minimum absolute atomic E-state index is 0.000868. The lowest BCUT2D eigenvalue weighted by Gasteiger charge is -2.01.